The summed E-state index contributed by atoms with van der Waals surface area (Å²) >= 11 is 10.3. The molecule has 100 valence electrons. The smallest absolute Gasteiger partial charge is 0.346 e. The van der Waals surface area contributed by atoms with E-state index in [4.69, 9.17) is 23.8 Å². The molecule has 7 heteroatoms. The van der Waals surface area contributed by atoms with Crippen LogP contribution in [-0.2, 0) is 6.18 Å². The molecule has 0 amide bonds. The molecule has 0 aliphatic carbocycles. The Kier molecular flexibility index (Phi) is 3.64. The van der Waals surface area contributed by atoms with Crippen molar-refractivity contribution in [1.29, 1.82) is 0 Å². The Morgan fingerprint density at radius 2 is 1.79 bits per heavy atom. The van der Waals surface area contributed by atoms with Crippen molar-refractivity contribution in [3.05, 3.63) is 51.4 Å². The molecule has 0 unspecified atom stereocenters. The van der Waals surface area contributed by atoms with Crippen LogP contribution in [0.15, 0.2) is 30.3 Å². The van der Waals surface area contributed by atoms with Gasteiger partial charge in [0, 0.05) is 5.69 Å². The van der Waals surface area contributed by atoms with Crippen molar-refractivity contribution in [3.63, 3.8) is 0 Å². The summed E-state index contributed by atoms with van der Waals surface area (Å²) in [5.41, 5.74) is -0.419. The number of pyridine rings is 1. The van der Waals surface area contributed by atoms with Crippen LogP contribution < -0.4 is 0 Å². The van der Waals surface area contributed by atoms with Gasteiger partial charge < -0.3 is 4.98 Å². The van der Waals surface area contributed by atoms with Crippen molar-refractivity contribution in [2.45, 2.75) is 6.18 Å². The highest BCUT2D eigenvalue weighted by Crippen LogP contribution is 2.32. The third kappa shape index (κ3) is 3.13. The highest BCUT2D eigenvalue weighted by Gasteiger charge is 2.31. The fraction of sp³-hybridized carbons (Fsp3) is 0.0833. The average molecular weight is 308 g/mol. The number of halogens is 5. The van der Waals surface area contributed by atoms with E-state index >= 15 is 0 Å². The fourth-order valence-electron chi connectivity index (χ4n) is 1.53. The van der Waals surface area contributed by atoms with E-state index < -0.39 is 17.6 Å². The summed E-state index contributed by atoms with van der Waals surface area (Å²) in [7, 11) is 0. The van der Waals surface area contributed by atoms with Gasteiger partial charge in [-0.25, -0.2) is 4.39 Å². The van der Waals surface area contributed by atoms with Crippen molar-refractivity contribution >= 4 is 23.8 Å². The minimum atomic E-state index is -4.50. The lowest BCUT2D eigenvalue weighted by Gasteiger charge is -2.09. The van der Waals surface area contributed by atoms with Crippen LogP contribution in [0.2, 0.25) is 5.02 Å². The molecule has 0 spiro atoms. The van der Waals surface area contributed by atoms with Crippen LogP contribution >= 0.6 is 23.8 Å². The van der Waals surface area contributed by atoms with Crippen LogP contribution in [0.1, 0.15) is 5.56 Å². The summed E-state index contributed by atoms with van der Waals surface area (Å²) in [6, 6.07) is 5.36. The minimum absolute atomic E-state index is 0.0646. The van der Waals surface area contributed by atoms with Gasteiger partial charge in [0.1, 0.15) is 10.5 Å². The summed E-state index contributed by atoms with van der Waals surface area (Å²) in [6.07, 6.45) is -4.50. The van der Waals surface area contributed by atoms with Crippen molar-refractivity contribution in [3.8, 4) is 11.3 Å². The lowest BCUT2D eigenvalue weighted by molar-refractivity contribution is -0.137. The van der Waals surface area contributed by atoms with E-state index in [0.29, 0.717) is 5.56 Å². The molecule has 0 aliphatic rings. The van der Waals surface area contributed by atoms with Crippen LogP contribution in [0, 0.1) is 10.5 Å². The average Bonchev–Trinajstić information content (AvgIpc) is 2.31. The molecule has 0 atom stereocenters. The van der Waals surface area contributed by atoms with E-state index in [2.05, 4.69) is 4.98 Å². The molecule has 0 fully saturated rings. The molecule has 19 heavy (non-hydrogen) atoms. The van der Waals surface area contributed by atoms with Gasteiger partial charge in [0.2, 0.25) is 0 Å². The number of aromatic nitrogens is 1. The molecule has 0 radical (unpaired) electrons. The SMILES string of the molecule is Fc1ccc(-c2cc(C(F)(F)F)cc(=S)[nH]2)cc1Cl. The van der Waals surface area contributed by atoms with Gasteiger partial charge in [0.15, 0.2) is 0 Å². The number of nitrogens with one attached hydrogen (secondary N) is 1. The van der Waals surface area contributed by atoms with Gasteiger partial charge in [0.05, 0.1) is 10.6 Å². The van der Waals surface area contributed by atoms with Crippen molar-refractivity contribution in [2.24, 2.45) is 0 Å². The number of rotatable bonds is 1. The minimum Gasteiger partial charge on any atom is -0.346 e. The lowest BCUT2D eigenvalue weighted by atomic mass is 10.1. The van der Waals surface area contributed by atoms with E-state index in [9.17, 15) is 17.6 Å². The maximum Gasteiger partial charge on any atom is 0.416 e. The maximum atomic E-state index is 13.0. The van der Waals surface area contributed by atoms with Crippen LogP contribution in [0.25, 0.3) is 11.3 Å². The Balaban J connectivity index is 2.59. The number of aromatic amines is 1. The molecular weight excluding hydrogens is 302 g/mol. The molecule has 2 aromatic rings. The topological polar surface area (TPSA) is 15.8 Å². The molecule has 0 aliphatic heterocycles. The molecule has 1 nitrogen and oxygen atoms in total. The number of alkyl halides is 3. The Morgan fingerprint density at radius 1 is 1.11 bits per heavy atom. The van der Waals surface area contributed by atoms with Gasteiger partial charge in [0.25, 0.3) is 0 Å². The van der Waals surface area contributed by atoms with E-state index in [1.807, 2.05) is 0 Å². The van der Waals surface area contributed by atoms with Crippen molar-refractivity contribution < 1.29 is 17.6 Å². The predicted octanol–water partition coefficient (Wildman–Crippen LogP) is 5.22. The second kappa shape index (κ2) is 4.94. The molecular formula is C12H6ClF4NS. The highest BCUT2D eigenvalue weighted by atomic mass is 35.5. The molecule has 1 N–H and O–H groups in total. The molecule has 0 saturated carbocycles. The maximum absolute atomic E-state index is 13.0. The summed E-state index contributed by atoms with van der Waals surface area (Å²) < 4.78 is 50.9. The molecule has 1 aromatic heterocycles. The lowest BCUT2D eigenvalue weighted by Crippen LogP contribution is -2.05. The van der Waals surface area contributed by atoms with Crippen LogP contribution in [0.5, 0.6) is 0 Å². The van der Waals surface area contributed by atoms with Gasteiger partial charge in [-0.05, 0) is 35.9 Å². The number of benzene rings is 1. The first kappa shape index (κ1) is 14.0. The quantitative estimate of drug-likeness (QED) is 0.564. The number of hydrogen-bond donors (Lipinski definition) is 1. The Labute approximate surface area is 115 Å². The number of hydrogen-bond acceptors (Lipinski definition) is 1. The standard InChI is InChI=1S/C12H6ClF4NS/c13-8-3-6(1-2-9(8)14)10-4-7(12(15,16)17)5-11(19)18-10/h1-5H,(H,18,19). The highest BCUT2D eigenvalue weighted by molar-refractivity contribution is 7.71. The summed E-state index contributed by atoms with van der Waals surface area (Å²) in [5, 5.41) is -0.172. The van der Waals surface area contributed by atoms with Crippen LogP contribution in [-0.4, -0.2) is 4.98 Å². The van der Waals surface area contributed by atoms with E-state index in [1.165, 1.54) is 12.1 Å². The zero-order valence-electron chi connectivity index (χ0n) is 9.18. The first-order valence-corrected chi connectivity index (χ1v) is 5.83. The second-order valence-corrected chi connectivity index (χ2v) is 4.62. The normalized spacial score (nSPS) is 11.6. The third-order valence-corrected chi connectivity index (χ3v) is 2.91. The van der Waals surface area contributed by atoms with Crippen molar-refractivity contribution in [2.75, 3.05) is 0 Å². The number of H-pyrrole nitrogens is 1. The van der Waals surface area contributed by atoms with Crippen LogP contribution in [0.3, 0.4) is 0 Å². The van der Waals surface area contributed by atoms with E-state index in [0.717, 1.165) is 18.2 Å². The molecule has 2 rings (SSSR count). The Morgan fingerprint density at radius 3 is 2.37 bits per heavy atom. The van der Waals surface area contributed by atoms with E-state index in [1.54, 1.807) is 0 Å². The van der Waals surface area contributed by atoms with Gasteiger partial charge in [-0.3, -0.25) is 0 Å². The Bertz CT molecular complexity index is 678. The second-order valence-electron chi connectivity index (χ2n) is 3.77. The van der Waals surface area contributed by atoms with Crippen LogP contribution in [0.4, 0.5) is 17.6 Å². The predicted molar refractivity (Wildman–Crippen MR) is 67.0 cm³/mol. The zero-order valence-corrected chi connectivity index (χ0v) is 10.8. The monoisotopic (exact) mass is 307 g/mol. The summed E-state index contributed by atoms with van der Waals surface area (Å²) in [6.45, 7) is 0. The summed E-state index contributed by atoms with van der Waals surface area (Å²) in [5.74, 6) is -0.643. The zero-order chi connectivity index (χ0) is 14.2. The van der Waals surface area contributed by atoms with Gasteiger partial charge in [-0.15, -0.1) is 0 Å². The largest absolute Gasteiger partial charge is 0.416 e. The first-order valence-electron chi connectivity index (χ1n) is 5.04. The van der Waals surface area contributed by atoms with Crippen molar-refractivity contribution in [1.82, 2.24) is 4.98 Å². The van der Waals surface area contributed by atoms with Gasteiger partial charge >= 0.3 is 6.18 Å². The first-order chi connectivity index (χ1) is 8.77. The Hall–Kier alpha value is -1.40. The molecule has 1 aromatic carbocycles. The molecule has 0 bridgehead atoms. The van der Waals surface area contributed by atoms with Gasteiger partial charge in [-0.2, -0.15) is 13.2 Å². The fourth-order valence-corrected chi connectivity index (χ4v) is 1.94. The molecule has 1 heterocycles. The summed E-state index contributed by atoms with van der Waals surface area (Å²) in [4.78, 5) is 2.62. The molecule has 0 saturated heterocycles. The van der Waals surface area contributed by atoms with E-state index in [-0.39, 0.29) is 15.4 Å². The van der Waals surface area contributed by atoms with Gasteiger partial charge in [-0.1, -0.05) is 23.8 Å². The third-order valence-electron chi connectivity index (χ3n) is 2.40.